The summed E-state index contributed by atoms with van der Waals surface area (Å²) < 4.78 is 2.17. The van der Waals surface area contributed by atoms with Crippen LogP contribution in [0.3, 0.4) is 0 Å². The van der Waals surface area contributed by atoms with Gasteiger partial charge in [-0.3, -0.25) is 4.79 Å². The van der Waals surface area contributed by atoms with Crippen molar-refractivity contribution in [3.8, 4) is 0 Å². The molecule has 0 spiro atoms. The molecular formula is C11H18N2O. The number of carbonyl (C=O) groups is 1. The highest BCUT2D eigenvalue weighted by molar-refractivity contribution is 5.72. The molecule has 0 saturated carbocycles. The lowest BCUT2D eigenvalue weighted by molar-refractivity contribution is -0.118. The number of hydrogen-bond donors (Lipinski definition) is 1. The molecule has 0 radical (unpaired) electrons. The van der Waals surface area contributed by atoms with Crippen molar-refractivity contribution in [1.29, 1.82) is 0 Å². The van der Waals surface area contributed by atoms with Crippen molar-refractivity contribution in [2.24, 2.45) is 7.05 Å². The fourth-order valence-electron chi connectivity index (χ4n) is 1.56. The van der Waals surface area contributed by atoms with Crippen molar-refractivity contribution in [1.82, 2.24) is 9.88 Å². The van der Waals surface area contributed by atoms with E-state index in [2.05, 4.69) is 36.8 Å². The van der Waals surface area contributed by atoms with Gasteiger partial charge in [-0.1, -0.05) is 0 Å². The lowest BCUT2D eigenvalue weighted by Gasteiger charge is -2.03. The van der Waals surface area contributed by atoms with E-state index in [1.165, 1.54) is 17.0 Å². The quantitative estimate of drug-likeness (QED) is 0.773. The van der Waals surface area contributed by atoms with Gasteiger partial charge in [0.15, 0.2) is 0 Å². The standard InChI is InChI=1S/C11H18N2O/c1-8-7-11(9(2)13(8)4)5-6-12-10(3)14/h7H,5-6H2,1-4H3,(H,12,14). The van der Waals surface area contributed by atoms with E-state index < -0.39 is 0 Å². The van der Waals surface area contributed by atoms with E-state index in [9.17, 15) is 4.79 Å². The van der Waals surface area contributed by atoms with Gasteiger partial charge in [0.25, 0.3) is 0 Å². The fourth-order valence-corrected chi connectivity index (χ4v) is 1.56. The Balaban J connectivity index is 2.59. The van der Waals surface area contributed by atoms with Crippen LogP contribution in [0, 0.1) is 13.8 Å². The molecule has 0 saturated heterocycles. The number of nitrogens with one attached hydrogen (secondary N) is 1. The summed E-state index contributed by atoms with van der Waals surface area (Å²) in [7, 11) is 2.06. The molecule has 0 aromatic carbocycles. The first-order valence-corrected chi connectivity index (χ1v) is 4.88. The van der Waals surface area contributed by atoms with Crippen molar-refractivity contribution in [3.05, 3.63) is 23.0 Å². The third-order valence-corrected chi connectivity index (χ3v) is 2.65. The predicted molar refractivity (Wildman–Crippen MR) is 57.3 cm³/mol. The van der Waals surface area contributed by atoms with E-state index in [0.29, 0.717) is 0 Å². The molecule has 0 aliphatic heterocycles. The molecule has 1 amide bonds. The Labute approximate surface area is 85.1 Å². The van der Waals surface area contributed by atoms with Gasteiger partial charge in [0.05, 0.1) is 0 Å². The molecule has 1 aromatic rings. The Bertz CT molecular complexity index is 339. The SMILES string of the molecule is CC(=O)NCCc1cc(C)n(C)c1C. The Morgan fingerprint density at radius 3 is 2.57 bits per heavy atom. The van der Waals surface area contributed by atoms with Crippen LogP contribution < -0.4 is 5.32 Å². The van der Waals surface area contributed by atoms with Gasteiger partial charge < -0.3 is 9.88 Å². The molecule has 3 nitrogen and oxygen atoms in total. The lowest BCUT2D eigenvalue weighted by atomic mass is 10.2. The van der Waals surface area contributed by atoms with Crippen molar-refractivity contribution < 1.29 is 4.79 Å². The van der Waals surface area contributed by atoms with Crippen LogP contribution in [-0.4, -0.2) is 17.0 Å². The molecule has 0 bridgehead atoms. The maximum Gasteiger partial charge on any atom is 0.216 e. The molecule has 78 valence electrons. The molecule has 0 aliphatic carbocycles. The first-order valence-electron chi connectivity index (χ1n) is 4.88. The van der Waals surface area contributed by atoms with E-state index in [1.54, 1.807) is 6.92 Å². The average molecular weight is 194 g/mol. The van der Waals surface area contributed by atoms with Crippen LogP contribution in [0.15, 0.2) is 6.07 Å². The molecule has 0 fully saturated rings. The summed E-state index contributed by atoms with van der Waals surface area (Å²) in [6, 6.07) is 2.18. The van der Waals surface area contributed by atoms with Crippen LogP contribution in [0.2, 0.25) is 0 Å². The van der Waals surface area contributed by atoms with Gasteiger partial charge in [-0.25, -0.2) is 0 Å². The van der Waals surface area contributed by atoms with Crippen molar-refractivity contribution in [2.45, 2.75) is 27.2 Å². The molecule has 3 heteroatoms. The van der Waals surface area contributed by atoms with Crippen molar-refractivity contribution >= 4 is 5.91 Å². The zero-order chi connectivity index (χ0) is 10.7. The smallest absolute Gasteiger partial charge is 0.216 e. The van der Waals surface area contributed by atoms with Gasteiger partial charge >= 0.3 is 0 Å². The maximum atomic E-state index is 10.7. The molecule has 0 aliphatic rings. The van der Waals surface area contributed by atoms with Gasteiger partial charge in [-0.15, -0.1) is 0 Å². The topological polar surface area (TPSA) is 34.0 Å². The van der Waals surface area contributed by atoms with Gasteiger partial charge in [-0.2, -0.15) is 0 Å². The van der Waals surface area contributed by atoms with Crippen LogP contribution in [0.5, 0.6) is 0 Å². The summed E-state index contributed by atoms with van der Waals surface area (Å²) in [5.41, 5.74) is 3.87. The second-order valence-corrected chi connectivity index (χ2v) is 3.69. The molecule has 1 rings (SSSR count). The molecule has 14 heavy (non-hydrogen) atoms. The van der Waals surface area contributed by atoms with Crippen LogP contribution in [0.1, 0.15) is 23.9 Å². The van der Waals surface area contributed by atoms with Gasteiger partial charge in [0.1, 0.15) is 0 Å². The van der Waals surface area contributed by atoms with Crippen LogP contribution in [0.25, 0.3) is 0 Å². The maximum absolute atomic E-state index is 10.7. The van der Waals surface area contributed by atoms with E-state index in [1.807, 2.05) is 0 Å². The summed E-state index contributed by atoms with van der Waals surface area (Å²) in [5.74, 6) is 0.0373. The third-order valence-electron chi connectivity index (χ3n) is 2.65. The summed E-state index contributed by atoms with van der Waals surface area (Å²) in [6.07, 6.45) is 0.910. The third kappa shape index (κ3) is 2.37. The molecule has 1 N–H and O–H groups in total. The Hall–Kier alpha value is -1.25. The summed E-state index contributed by atoms with van der Waals surface area (Å²) >= 11 is 0. The molecule has 1 aromatic heterocycles. The highest BCUT2D eigenvalue weighted by Gasteiger charge is 2.05. The second kappa shape index (κ2) is 4.31. The zero-order valence-corrected chi connectivity index (χ0v) is 9.35. The zero-order valence-electron chi connectivity index (χ0n) is 9.35. The van der Waals surface area contributed by atoms with E-state index in [-0.39, 0.29) is 5.91 Å². The molecular weight excluding hydrogens is 176 g/mol. The Morgan fingerprint density at radius 1 is 1.50 bits per heavy atom. The fraction of sp³-hybridized carbons (Fsp3) is 0.545. The van der Waals surface area contributed by atoms with Gasteiger partial charge in [0, 0.05) is 31.9 Å². The highest BCUT2D eigenvalue weighted by Crippen LogP contribution is 2.13. The molecule has 0 atom stereocenters. The van der Waals surface area contributed by atoms with E-state index in [4.69, 9.17) is 0 Å². The van der Waals surface area contributed by atoms with Crippen molar-refractivity contribution in [3.63, 3.8) is 0 Å². The number of carbonyl (C=O) groups excluding carboxylic acids is 1. The highest BCUT2D eigenvalue weighted by atomic mass is 16.1. The normalized spacial score (nSPS) is 10.3. The minimum Gasteiger partial charge on any atom is -0.356 e. The van der Waals surface area contributed by atoms with Crippen LogP contribution >= 0.6 is 0 Å². The first-order chi connectivity index (χ1) is 6.52. The number of aromatic nitrogens is 1. The number of amides is 1. The molecule has 0 unspecified atom stereocenters. The first kappa shape index (κ1) is 10.8. The minimum absolute atomic E-state index is 0.0373. The Kier molecular flexibility index (Phi) is 3.33. The van der Waals surface area contributed by atoms with Crippen molar-refractivity contribution in [2.75, 3.05) is 6.54 Å². The number of rotatable bonds is 3. The van der Waals surface area contributed by atoms with E-state index >= 15 is 0 Å². The lowest BCUT2D eigenvalue weighted by Crippen LogP contribution is -2.22. The van der Waals surface area contributed by atoms with E-state index in [0.717, 1.165) is 13.0 Å². The number of aryl methyl sites for hydroxylation is 1. The van der Waals surface area contributed by atoms with Gasteiger partial charge in [0.2, 0.25) is 5.91 Å². The molecule has 1 heterocycles. The summed E-state index contributed by atoms with van der Waals surface area (Å²) in [5, 5.41) is 2.80. The monoisotopic (exact) mass is 194 g/mol. The van der Waals surface area contributed by atoms with Crippen LogP contribution in [-0.2, 0) is 18.3 Å². The number of hydrogen-bond acceptors (Lipinski definition) is 1. The number of nitrogens with zero attached hydrogens (tertiary/aromatic N) is 1. The Morgan fingerprint density at radius 2 is 2.14 bits per heavy atom. The van der Waals surface area contributed by atoms with Crippen LogP contribution in [0.4, 0.5) is 0 Å². The predicted octanol–water partition coefficient (Wildman–Crippen LogP) is 1.32. The largest absolute Gasteiger partial charge is 0.356 e. The summed E-state index contributed by atoms with van der Waals surface area (Å²) in [6.45, 7) is 6.47. The van der Waals surface area contributed by atoms with Gasteiger partial charge in [-0.05, 0) is 31.9 Å². The second-order valence-electron chi connectivity index (χ2n) is 3.69. The summed E-state index contributed by atoms with van der Waals surface area (Å²) in [4.78, 5) is 10.7. The minimum atomic E-state index is 0.0373. The average Bonchev–Trinajstić information content (AvgIpc) is 2.33.